The zero-order valence-corrected chi connectivity index (χ0v) is 13.5. The van der Waals surface area contributed by atoms with Crippen LogP contribution in [-0.2, 0) is 4.79 Å². The minimum atomic E-state index is 0. The van der Waals surface area contributed by atoms with Crippen LogP contribution in [0.3, 0.4) is 0 Å². The average molecular weight is 324 g/mol. The van der Waals surface area contributed by atoms with Crippen LogP contribution in [0, 0.1) is 5.92 Å². The van der Waals surface area contributed by atoms with Gasteiger partial charge in [0, 0.05) is 42.8 Å². The maximum Gasteiger partial charge on any atom is 0.254 e. The molecule has 1 aromatic rings. The largest absolute Gasteiger partial charge is 0.333 e. The van der Waals surface area contributed by atoms with E-state index >= 15 is 0 Å². The van der Waals surface area contributed by atoms with Crippen molar-refractivity contribution < 1.29 is 9.59 Å². The van der Waals surface area contributed by atoms with Gasteiger partial charge in [0.25, 0.3) is 5.91 Å². The molecule has 3 rings (SSSR count). The summed E-state index contributed by atoms with van der Waals surface area (Å²) in [5, 5.41) is 6.17. The standard InChI is InChI=1S/C16H21N3O2.ClH/c1-11-10-17-7-8-19(11)16(21)13-3-2-4-14(9-13)18-15(20)12-5-6-12;/h2-4,9,11-12,17H,5-8,10H2,1H3,(H,18,20);1H/t11-;/m0./s1. The molecular weight excluding hydrogens is 302 g/mol. The van der Waals surface area contributed by atoms with E-state index in [1.807, 2.05) is 30.0 Å². The molecule has 2 fully saturated rings. The Kier molecular flexibility index (Phi) is 5.42. The van der Waals surface area contributed by atoms with E-state index in [1.54, 1.807) is 6.07 Å². The van der Waals surface area contributed by atoms with Crippen molar-refractivity contribution in [3.05, 3.63) is 29.8 Å². The van der Waals surface area contributed by atoms with Crippen molar-refractivity contribution in [2.45, 2.75) is 25.8 Å². The molecule has 6 heteroatoms. The molecule has 5 nitrogen and oxygen atoms in total. The molecule has 1 saturated heterocycles. The van der Waals surface area contributed by atoms with Gasteiger partial charge in [-0.25, -0.2) is 0 Å². The van der Waals surface area contributed by atoms with E-state index in [2.05, 4.69) is 10.6 Å². The number of anilines is 1. The number of carbonyl (C=O) groups excluding carboxylic acids is 2. The van der Waals surface area contributed by atoms with E-state index in [4.69, 9.17) is 0 Å². The van der Waals surface area contributed by atoms with Crippen LogP contribution in [0.4, 0.5) is 5.69 Å². The first-order valence-corrected chi connectivity index (χ1v) is 7.58. The molecule has 2 N–H and O–H groups in total. The molecule has 22 heavy (non-hydrogen) atoms. The summed E-state index contributed by atoms with van der Waals surface area (Å²) in [5.41, 5.74) is 1.35. The van der Waals surface area contributed by atoms with Gasteiger partial charge >= 0.3 is 0 Å². The summed E-state index contributed by atoms with van der Waals surface area (Å²) < 4.78 is 0. The van der Waals surface area contributed by atoms with Gasteiger partial charge in [-0.3, -0.25) is 9.59 Å². The van der Waals surface area contributed by atoms with Crippen LogP contribution < -0.4 is 10.6 Å². The van der Waals surface area contributed by atoms with Crippen LogP contribution in [0.5, 0.6) is 0 Å². The summed E-state index contributed by atoms with van der Waals surface area (Å²) in [6, 6.07) is 7.43. The van der Waals surface area contributed by atoms with Crippen LogP contribution in [0.15, 0.2) is 24.3 Å². The maximum absolute atomic E-state index is 12.6. The zero-order chi connectivity index (χ0) is 14.8. The topological polar surface area (TPSA) is 61.4 Å². The first kappa shape index (κ1) is 16.8. The number of carbonyl (C=O) groups is 2. The lowest BCUT2D eigenvalue weighted by Gasteiger charge is -2.34. The molecule has 2 amide bonds. The molecule has 1 saturated carbocycles. The zero-order valence-electron chi connectivity index (χ0n) is 12.7. The van der Waals surface area contributed by atoms with E-state index < -0.39 is 0 Å². The third-order valence-electron chi connectivity index (χ3n) is 4.09. The van der Waals surface area contributed by atoms with Crippen LogP contribution >= 0.6 is 12.4 Å². The lowest BCUT2D eigenvalue weighted by atomic mass is 10.1. The van der Waals surface area contributed by atoms with E-state index in [0.717, 1.165) is 32.5 Å². The van der Waals surface area contributed by atoms with Gasteiger partial charge in [-0.2, -0.15) is 0 Å². The van der Waals surface area contributed by atoms with E-state index in [1.165, 1.54) is 0 Å². The maximum atomic E-state index is 12.6. The number of hydrogen-bond acceptors (Lipinski definition) is 3. The molecular formula is C16H22ClN3O2. The quantitative estimate of drug-likeness (QED) is 0.893. The first-order valence-electron chi connectivity index (χ1n) is 7.58. The third kappa shape index (κ3) is 3.78. The number of rotatable bonds is 3. The number of halogens is 1. The monoisotopic (exact) mass is 323 g/mol. The number of nitrogens with one attached hydrogen (secondary N) is 2. The molecule has 120 valence electrons. The van der Waals surface area contributed by atoms with Crippen molar-refractivity contribution in [1.82, 2.24) is 10.2 Å². The highest BCUT2D eigenvalue weighted by atomic mass is 35.5. The molecule has 1 aromatic carbocycles. The van der Waals surface area contributed by atoms with Crippen molar-refractivity contribution >= 4 is 29.9 Å². The lowest BCUT2D eigenvalue weighted by Crippen LogP contribution is -2.52. The Labute approximate surface area is 136 Å². The van der Waals surface area contributed by atoms with Crippen LogP contribution in [-0.4, -0.2) is 42.4 Å². The van der Waals surface area contributed by atoms with Crippen molar-refractivity contribution in [2.75, 3.05) is 25.0 Å². The van der Waals surface area contributed by atoms with Gasteiger partial charge in [-0.1, -0.05) is 6.07 Å². The molecule has 0 spiro atoms. The SMILES string of the molecule is C[C@H]1CNCCN1C(=O)c1cccc(NC(=O)C2CC2)c1.Cl. The third-order valence-corrected chi connectivity index (χ3v) is 4.09. The summed E-state index contributed by atoms with van der Waals surface area (Å²) in [6.45, 7) is 4.42. The highest BCUT2D eigenvalue weighted by Crippen LogP contribution is 2.30. The molecule has 0 bridgehead atoms. The van der Waals surface area contributed by atoms with Crippen LogP contribution in [0.2, 0.25) is 0 Å². The highest BCUT2D eigenvalue weighted by Gasteiger charge is 2.30. The second kappa shape index (κ2) is 7.11. The van der Waals surface area contributed by atoms with Gasteiger partial charge < -0.3 is 15.5 Å². The summed E-state index contributed by atoms with van der Waals surface area (Å²) >= 11 is 0. The summed E-state index contributed by atoms with van der Waals surface area (Å²) in [5.74, 6) is 0.263. The van der Waals surface area contributed by atoms with Gasteiger partial charge in [0.1, 0.15) is 0 Å². The lowest BCUT2D eigenvalue weighted by molar-refractivity contribution is -0.117. The fourth-order valence-electron chi connectivity index (χ4n) is 2.63. The fourth-order valence-corrected chi connectivity index (χ4v) is 2.63. The summed E-state index contributed by atoms with van der Waals surface area (Å²) in [7, 11) is 0. The second-order valence-corrected chi connectivity index (χ2v) is 5.90. The van der Waals surface area contributed by atoms with E-state index in [9.17, 15) is 9.59 Å². The van der Waals surface area contributed by atoms with Gasteiger partial charge in [0.05, 0.1) is 0 Å². The Morgan fingerprint density at radius 2 is 2.09 bits per heavy atom. The molecule has 2 aliphatic rings. The van der Waals surface area contributed by atoms with Gasteiger partial charge in [-0.05, 0) is 38.0 Å². The fraction of sp³-hybridized carbons (Fsp3) is 0.500. The van der Waals surface area contributed by atoms with Crippen molar-refractivity contribution in [3.8, 4) is 0 Å². The van der Waals surface area contributed by atoms with Gasteiger partial charge in [-0.15, -0.1) is 12.4 Å². The highest BCUT2D eigenvalue weighted by molar-refractivity contribution is 5.98. The van der Waals surface area contributed by atoms with Gasteiger partial charge in [0.2, 0.25) is 5.91 Å². The minimum absolute atomic E-state index is 0. The molecule has 0 unspecified atom stereocenters. The minimum Gasteiger partial charge on any atom is -0.333 e. The number of nitrogens with zero attached hydrogens (tertiary/aromatic N) is 1. The first-order chi connectivity index (χ1) is 10.1. The van der Waals surface area contributed by atoms with Crippen molar-refractivity contribution in [1.29, 1.82) is 0 Å². The van der Waals surface area contributed by atoms with E-state index in [0.29, 0.717) is 11.3 Å². The molecule has 0 aromatic heterocycles. The van der Waals surface area contributed by atoms with Crippen LogP contribution in [0.1, 0.15) is 30.1 Å². The normalized spacial score (nSPS) is 21.0. The number of benzene rings is 1. The summed E-state index contributed by atoms with van der Waals surface area (Å²) in [6.07, 6.45) is 1.95. The van der Waals surface area contributed by atoms with Crippen LogP contribution in [0.25, 0.3) is 0 Å². The Morgan fingerprint density at radius 1 is 1.32 bits per heavy atom. The van der Waals surface area contributed by atoms with E-state index in [-0.39, 0.29) is 36.2 Å². The van der Waals surface area contributed by atoms with Gasteiger partial charge in [0.15, 0.2) is 0 Å². The summed E-state index contributed by atoms with van der Waals surface area (Å²) in [4.78, 5) is 26.3. The average Bonchev–Trinajstić information content (AvgIpc) is 3.32. The molecule has 1 aliphatic heterocycles. The Balaban J connectivity index is 0.00000176. The van der Waals surface area contributed by atoms with Crippen molar-refractivity contribution in [3.63, 3.8) is 0 Å². The predicted molar refractivity (Wildman–Crippen MR) is 88.4 cm³/mol. The number of piperazine rings is 1. The Morgan fingerprint density at radius 3 is 2.77 bits per heavy atom. The predicted octanol–water partition coefficient (Wildman–Crippen LogP) is 1.89. The second-order valence-electron chi connectivity index (χ2n) is 5.90. The smallest absolute Gasteiger partial charge is 0.254 e. The number of amides is 2. The number of hydrogen-bond donors (Lipinski definition) is 2. The Bertz CT molecular complexity index is 560. The molecule has 0 radical (unpaired) electrons. The molecule has 1 heterocycles. The Hall–Kier alpha value is -1.59. The molecule has 1 aliphatic carbocycles. The van der Waals surface area contributed by atoms with Crippen molar-refractivity contribution in [2.24, 2.45) is 5.92 Å². The molecule has 1 atom stereocenters.